The van der Waals surface area contributed by atoms with Crippen LogP contribution in [0.4, 0.5) is 8.78 Å². The molecule has 8 heteroatoms. The third kappa shape index (κ3) is 3.96. The molecule has 2 aromatic heterocycles. The molecule has 160 valence electrons. The van der Waals surface area contributed by atoms with E-state index < -0.39 is 33.2 Å². The van der Waals surface area contributed by atoms with Crippen LogP contribution in [0.1, 0.15) is 0 Å². The number of hydrogen-bond donors (Lipinski definition) is 0. The molecule has 0 amide bonds. The van der Waals surface area contributed by atoms with Gasteiger partial charge in [-0.25, -0.2) is 8.78 Å². The molecule has 0 fully saturated rings. The van der Waals surface area contributed by atoms with Crippen LogP contribution in [0.15, 0.2) is 60.7 Å². The zero-order valence-electron chi connectivity index (χ0n) is 17.1. The molecule has 0 atom stereocenters. The summed E-state index contributed by atoms with van der Waals surface area (Å²) in [6.45, 7) is 0. The number of halogens is 2. The molecule has 4 nitrogen and oxygen atoms in total. The molecule has 2 heterocycles. The molecule has 0 bridgehead atoms. The van der Waals surface area contributed by atoms with Crippen molar-refractivity contribution in [3.63, 3.8) is 0 Å². The Labute approximate surface area is 200 Å². The standard InChI is InChI=1S/C14H8S2.C12H2F2N4/c1-3-7-11-9(5-1)13-14(15-11)10-6-2-4-8-12(10)16-13;13-11-1-9(7(3-15)4-16)12(14)2-10(11)8(5-17)6-18/h1-8H;1-2H. The second kappa shape index (κ2) is 9.49. The molecule has 34 heavy (non-hydrogen) atoms. The Bertz CT molecular complexity index is 1720. The fourth-order valence-electron chi connectivity index (χ4n) is 3.37. The fraction of sp³-hybridized carbons (Fsp3) is 0. The van der Waals surface area contributed by atoms with Crippen molar-refractivity contribution < 1.29 is 8.78 Å². The predicted octanol–water partition coefficient (Wildman–Crippen LogP) is 5.63. The lowest BCUT2D eigenvalue weighted by atomic mass is 10.1. The van der Waals surface area contributed by atoms with Crippen molar-refractivity contribution in [2.45, 2.75) is 0 Å². The highest BCUT2D eigenvalue weighted by Gasteiger charge is 2.10. The number of fused-ring (bicyclic) bond motifs is 5. The number of hydrogen-bond acceptors (Lipinski definition) is 6. The molecule has 5 aromatic rings. The Balaban J connectivity index is 0.000000161. The third-order valence-electron chi connectivity index (χ3n) is 4.94. The molecule has 0 aliphatic heterocycles. The second-order valence-corrected chi connectivity index (χ2v) is 8.97. The van der Waals surface area contributed by atoms with Crippen molar-refractivity contribution in [3.8, 4) is 24.3 Å². The van der Waals surface area contributed by atoms with Gasteiger partial charge in [0.25, 0.3) is 0 Å². The average molecular weight is 481 g/mol. The summed E-state index contributed by atoms with van der Waals surface area (Å²) < 4.78 is 32.8. The Morgan fingerprint density at radius 2 is 0.941 bits per heavy atom. The van der Waals surface area contributed by atoms with Gasteiger partial charge in [0.15, 0.2) is 0 Å². The largest absolute Gasteiger partial charge is 0.206 e. The predicted molar refractivity (Wildman–Crippen MR) is 130 cm³/mol. The first-order valence-corrected chi connectivity index (χ1v) is 11.3. The fourth-order valence-corrected chi connectivity index (χ4v) is 6.03. The van der Waals surface area contributed by atoms with Gasteiger partial charge in [-0.1, -0.05) is 36.4 Å². The zero-order chi connectivity index (χ0) is 24.2. The first kappa shape index (κ1) is 22.6. The van der Waals surface area contributed by atoms with Crippen LogP contribution in [-0.4, -0.2) is 0 Å². The van der Waals surface area contributed by atoms with Crippen LogP contribution < -0.4 is 10.4 Å². The van der Waals surface area contributed by atoms with Gasteiger partial charge < -0.3 is 0 Å². The van der Waals surface area contributed by atoms with E-state index in [-0.39, 0.29) is 0 Å². The van der Waals surface area contributed by atoms with E-state index in [2.05, 4.69) is 48.5 Å². The van der Waals surface area contributed by atoms with Crippen LogP contribution in [0.5, 0.6) is 0 Å². The van der Waals surface area contributed by atoms with Gasteiger partial charge in [0.05, 0.1) is 9.40 Å². The molecule has 0 radical (unpaired) electrons. The van der Waals surface area contributed by atoms with E-state index in [1.54, 1.807) is 0 Å². The lowest BCUT2D eigenvalue weighted by Crippen LogP contribution is -2.21. The lowest BCUT2D eigenvalue weighted by molar-refractivity contribution is 0.585. The van der Waals surface area contributed by atoms with Crippen molar-refractivity contribution in [3.05, 3.63) is 82.7 Å². The van der Waals surface area contributed by atoms with Gasteiger partial charge in [-0.05, 0) is 24.3 Å². The molecule has 0 aliphatic carbocycles. The molecule has 3 aromatic carbocycles. The van der Waals surface area contributed by atoms with Gasteiger partial charge in [-0.2, -0.15) is 21.0 Å². The molecular weight excluding hydrogens is 470 g/mol. The number of rotatable bonds is 0. The maximum atomic E-state index is 13.6. The van der Waals surface area contributed by atoms with Crippen LogP contribution in [0, 0.1) is 57.0 Å². The van der Waals surface area contributed by atoms with Crippen LogP contribution in [0.2, 0.25) is 0 Å². The van der Waals surface area contributed by atoms with E-state index in [1.165, 1.54) is 53.8 Å². The van der Waals surface area contributed by atoms with Crippen LogP contribution in [-0.2, 0) is 0 Å². The summed E-state index contributed by atoms with van der Waals surface area (Å²) in [4.78, 5) is 0. The number of nitrogens with zero attached hydrogens (tertiary/aromatic N) is 4. The Morgan fingerprint density at radius 3 is 1.29 bits per heavy atom. The van der Waals surface area contributed by atoms with E-state index in [9.17, 15) is 8.78 Å². The first-order valence-electron chi connectivity index (χ1n) is 9.65. The highest BCUT2D eigenvalue weighted by Crippen LogP contribution is 2.43. The van der Waals surface area contributed by atoms with E-state index in [4.69, 9.17) is 21.0 Å². The summed E-state index contributed by atoms with van der Waals surface area (Å²) in [6, 6.07) is 24.3. The van der Waals surface area contributed by atoms with E-state index in [1.807, 2.05) is 22.7 Å². The van der Waals surface area contributed by atoms with E-state index in [0.717, 1.165) is 0 Å². The Kier molecular flexibility index (Phi) is 6.30. The van der Waals surface area contributed by atoms with E-state index in [0.29, 0.717) is 12.1 Å². The molecule has 0 aliphatic rings. The van der Waals surface area contributed by atoms with Gasteiger partial charge >= 0.3 is 0 Å². The minimum Gasteiger partial charge on any atom is -0.206 e. The normalized spacial score (nSPS) is 9.94. The van der Waals surface area contributed by atoms with Crippen molar-refractivity contribution in [2.75, 3.05) is 0 Å². The van der Waals surface area contributed by atoms with Crippen molar-refractivity contribution in [2.24, 2.45) is 0 Å². The smallest absolute Gasteiger partial charge is 0.139 e. The molecule has 0 unspecified atom stereocenters. The number of thiophene rings is 2. The summed E-state index contributed by atoms with van der Waals surface area (Å²) in [6.07, 6.45) is 0. The summed E-state index contributed by atoms with van der Waals surface area (Å²) in [5, 5.41) is 36.0. The van der Waals surface area contributed by atoms with Crippen molar-refractivity contribution >= 4 is 63.4 Å². The zero-order valence-corrected chi connectivity index (χ0v) is 18.8. The lowest BCUT2D eigenvalue weighted by Gasteiger charge is -1.95. The van der Waals surface area contributed by atoms with Crippen LogP contribution >= 0.6 is 22.7 Å². The monoisotopic (exact) mass is 480 g/mol. The minimum atomic E-state index is -1.05. The van der Waals surface area contributed by atoms with Crippen LogP contribution in [0.25, 0.3) is 40.7 Å². The Morgan fingerprint density at radius 1 is 0.588 bits per heavy atom. The topological polar surface area (TPSA) is 95.2 Å². The molecule has 0 spiro atoms. The van der Waals surface area contributed by atoms with Gasteiger partial charge in [-0.15, -0.1) is 22.7 Å². The van der Waals surface area contributed by atoms with E-state index >= 15 is 0 Å². The highest BCUT2D eigenvalue weighted by molar-refractivity contribution is 7.36. The summed E-state index contributed by atoms with van der Waals surface area (Å²) in [5.74, 6) is -2.10. The molecule has 0 N–H and O–H groups in total. The maximum Gasteiger partial charge on any atom is 0.139 e. The number of benzene rings is 3. The van der Waals surface area contributed by atoms with Gasteiger partial charge in [-0.3, -0.25) is 0 Å². The molecular formula is C26H10F2N4S2. The second-order valence-electron chi connectivity index (χ2n) is 6.86. The Hall–Kier alpha value is -4.60. The highest BCUT2D eigenvalue weighted by atomic mass is 32.1. The summed E-state index contributed by atoms with van der Waals surface area (Å²) in [5.41, 5.74) is -1.18. The van der Waals surface area contributed by atoms with Crippen LogP contribution in [0.3, 0.4) is 0 Å². The van der Waals surface area contributed by atoms with Crippen molar-refractivity contribution in [1.29, 1.82) is 21.0 Å². The summed E-state index contributed by atoms with van der Waals surface area (Å²) in [7, 11) is 0. The first-order chi connectivity index (χ1) is 16.5. The van der Waals surface area contributed by atoms with Crippen molar-refractivity contribution in [1.82, 2.24) is 0 Å². The van der Waals surface area contributed by atoms with Gasteiger partial charge in [0.1, 0.15) is 47.1 Å². The quantitative estimate of drug-likeness (QED) is 0.287. The molecule has 0 saturated carbocycles. The van der Waals surface area contributed by atoms with Gasteiger partial charge in [0.2, 0.25) is 0 Å². The SMILES string of the molecule is N#CC(C#N)=c1cc(F)c(=C(C#N)C#N)cc1F.c1ccc2c(c1)sc1c3ccccc3sc21. The minimum absolute atomic E-state index is 0.503. The maximum absolute atomic E-state index is 13.6. The van der Waals surface area contributed by atoms with Gasteiger partial charge in [0, 0.05) is 30.6 Å². The third-order valence-corrected chi connectivity index (χ3v) is 7.47. The summed E-state index contributed by atoms with van der Waals surface area (Å²) >= 11 is 3.82. The number of nitriles is 4. The average Bonchev–Trinajstić information content (AvgIpc) is 3.40. The molecule has 5 rings (SSSR count). The molecule has 0 saturated heterocycles.